The summed E-state index contributed by atoms with van der Waals surface area (Å²) in [6.45, 7) is 0.339. The Bertz CT molecular complexity index is 777. The van der Waals surface area contributed by atoms with Crippen LogP contribution in [0.25, 0.3) is 10.9 Å². The molecular formula is C16H11ClINO. The maximum atomic E-state index is 12.3. The highest BCUT2D eigenvalue weighted by atomic mass is 127. The van der Waals surface area contributed by atoms with Gasteiger partial charge >= 0.3 is 0 Å². The van der Waals surface area contributed by atoms with E-state index in [4.69, 9.17) is 11.6 Å². The molecule has 1 heterocycles. The summed E-state index contributed by atoms with van der Waals surface area (Å²) >= 11 is 8.20. The standard InChI is InChI=1S/C16H11ClINO/c17-13-3-6-15-12(9-13)7-8-19(15)10-16(20)11-1-4-14(18)5-2-11/h1-9H,10H2. The van der Waals surface area contributed by atoms with Gasteiger partial charge in [0, 0.05) is 31.3 Å². The number of hydrogen-bond acceptors (Lipinski definition) is 1. The van der Waals surface area contributed by atoms with E-state index < -0.39 is 0 Å². The Morgan fingerprint density at radius 2 is 1.85 bits per heavy atom. The SMILES string of the molecule is O=C(Cn1ccc2cc(Cl)ccc21)c1ccc(I)cc1. The lowest BCUT2D eigenvalue weighted by molar-refractivity contribution is 0.0973. The molecule has 2 aromatic carbocycles. The fourth-order valence-electron chi connectivity index (χ4n) is 2.19. The number of fused-ring (bicyclic) bond motifs is 1. The average molecular weight is 396 g/mol. The zero-order valence-corrected chi connectivity index (χ0v) is 13.4. The van der Waals surface area contributed by atoms with E-state index >= 15 is 0 Å². The summed E-state index contributed by atoms with van der Waals surface area (Å²) < 4.78 is 3.08. The Morgan fingerprint density at radius 1 is 1.10 bits per heavy atom. The molecule has 0 atom stereocenters. The molecule has 0 unspecified atom stereocenters. The van der Waals surface area contributed by atoms with Crippen molar-refractivity contribution in [3.05, 3.63) is 68.9 Å². The third-order valence-corrected chi connectivity index (χ3v) is 4.17. The zero-order chi connectivity index (χ0) is 14.1. The molecule has 0 radical (unpaired) electrons. The monoisotopic (exact) mass is 395 g/mol. The molecule has 20 heavy (non-hydrogen) atoms. The van der Waals surface area contributed by atoms with Gasteiger partial charge < -0.3 is 4.57 Å². The molecular weight excluding hydrogens is 385 g/mol. The van der Waals surface area contributed by atoms with Crippen molar-refractivity contribution in [1.82, 2.24) is 4.57 Å². The Morgan fingerprint density at radius 3 is 2.60 bits per heavy atom. The molecule has 0 saturated carbocycles. The van der Waals surface area contributed by atoms with Gasteiger partial charge in [-0.1, -0.05) is 23.7 Å². The number of nitrogens with zero attached hydrogens (tertiary/aromatic N) is 1. The van der Waals surface area contributed by atoms with Crippen molar-refractivity contribution in [3.8, 4) is 0 Å². The van der Waals surface area contributed by atoms with E-state index in [0.717, 1.165) is 20.0 Å². The highest BCUT2D eigenvalue weighted by Gasteiger charge is 2.09. The number of benzene rings is 2. The number of Topliss-reactive ketones (excluding diaryl/α,β-unsaturated/α-hetero) is 1. The quantitative estimate of drug-likeness (QED) is 0.462. The topological polar surface area (TPSA) is 22.0 Å². The van der Waals surface area contributed by atoms with Gasteiger partial charge in [-0.05, 0) is 59.0 Å². The molecule has 0 fully saturated rings. The summed E-state index contributed by atoms with van der Waals surface area (Å²) in [4.78, 5) is 12.3. The first-order valence-electron chi connectivity index (χ1n) is 6.17. The van der Waals surface area contributed by atoms with Crippen molar-refractivity contribution < 1.29 is 4.79 Å². The van der Waals surface area contributed by atoms with Crippen molar-refractivity contribution in [2.75, 3.05) is 0 Å². The third-order valence-electron chi connectivity index (χ3n) is 3.21. The van der Waals surface area contributed by atoms with E-state index in [0.29, 0.717) is 11.6 Å². The number of halogens is 2. The third kappa shape index (κ3) is 2.74. The maximum absolute atomic E-state index is 12.3. The Hall–Kier alpha value is -1.33. The van der Waals surface area contributed by atoms with Crippen molar-refractivity contribution in [3.63, 3.8) is 0 Å². The van der Waals surface area contributed by atoms with Gasteiger partial charge in [0.25, 0.3) is 0 Å². The molecule has 100 valence electrons. The van der Waals surface area contributed by atoms with Crippen LogP contribution in [0.1, 0.15) is 10.4 Å². The predicted molar refractivity (Wildman–Crippen MR) is 90.4 cm³/mol. The Balaban J connectivity index is 1.89. The second-order valence-corrected chi connectivity index (χ2v) is 6.26. The first-order chi connectivity index (χ1) is 9.63. The molecule has 2 nitrogen and oxygen atoms in total. The molecule has 0 aliphatic rings. The molecule has 0 aliphatic heterocycles. The molecule has 0 spiro atoms. The number of ketones is 1. The lowest BCUT2D eigenvalue weighted by Gasteiger charge is -2.05. The molecule has 0 amide bonds. The van der Waals surface area contributed by atoms with Crippen LogP contribution in [0.15, 0.2) is 54.7 Å². The van der Waals surface area contributed by atoms with Gasteiger partial charge in [-0.25, -0.2) is 0 Å². The lowest BCUT2D eigenvalue weighted by Crippen LogP contribution is -2.09. The summed E-state index contributed by atoms with van der Waals surface area (Å²) in [5, 5.41) is 1.76. The highest BCUT2D eigenvalue weighted by molar-refractivity contribution is 14.1. The number of carbonyl (C=O) groups is 1. The molecule has 0 N–H and O–H groups in total. The summed E-state index contributed by atoms with van der Waals surface area (Å²) in [7, 11) is 0. The molecule has 3 aromatic rings. The van der Waals surface area contributed by atoms with E-state index in [1.54, 1.807) is 0 Å². The van der Waals surface area contributed by atoms with Crippen LogP contribution in [-0.4, -0.2) is 10.4 Å². The maximum Gasteiger partial charge on any atom is 0.182 e. The van der Waals surface area contributed by atoms with Gasteiger partial charge in [0.15, 0.2) is 5.78 Å². The van der Waals surface area contributed by atoms with Crippen molar-refractivity contribution in [2.45, 2.75) is 6.54 Å². The molecule has 3 rings (SSSR count). The van der Waals surface area contributed by atoms with Crippen molar-refractivity contribution >= 4 is 50.9 Å². The van der Waals surface area contributed by atoms with Crippen LogP contribution in [0.5, 0.6) is 0 Å². The highest BCUT2D eigenvalue weighted by Crippen LogP contribution is 2.21. The number of aromatic nitrogens is 1. The zero-order valence-electron chi connectivity index (χ0n) is 10.5. The van der Waals surface area contributed by atoms with E-state index in [1.165, 1.54) is 0 Å². The van der Waals surface area contributed by atoms with Gasteiger partial charge in [-0.15, -0.1) is 0 Å². The van der Waals surface area contributed by atoms with Crippen LogP contribution in [-0.2, 0) is 6.54 Å². The average Bonchev–Trinajstić information content (AvgIpc) is 2.81. The summed E-state index contributed by atoms with van der Waals surface area (Å²) in [6, 6.07) is 15.3. The fraction of sp³-hybridized carbons (Fsp3) is 0.0625. The van der Waals surface area contributed by atoms with E-state index in [-0.39, 0.29) is 5.78 Å². The Kier molecular flexibility index (Phi) is 3.81. The second kappa shape index (κ2) is 5.58. The van der Waals surface area contributed by atoms with Gasteiger partial charge in [0.1, 0.15) is 0 Å². The van der Waals surface area contributed by atoms with Gasteiger partial charge in [0.2, 0.25) is 0 Å². The van der Waals surface area contributed by atoms with Gasteiger partial charge in [-0.2, -0.15) is 0 Å². The Labute approximate surface area is 135 Å². The minimum absolute atomic E-state index is 0.105. The minimum Gasteiger partial charge on any atom is -0.340 e. The molecule has 1 aromatic heterocycles. The summed E-state index contributed by atoms with van der Waals surface area (Å²) in [5.74, 6) is 0.105. The van der Waals surface area contributed by atoms with Crippen LogP contribution >= 0.6 is 34.2 Å². The number of carbonyl (C=O) groups excluding carboxylic acids is 1. The van der Waals surface area contributed by atoms with Crippen LogP contribution in [0.4, 0.5) is 0 Å². The van der Waals surface area contributed by atoms with Crippen LogP contribution in [0.2, 0.25) is 5.02 Å². The van der Waals surface area contributed by atoms with Crippen molar-refractivity contribution in [1.29, 1.82) is 0 Å². The van der Waals surface area contributed by atoms with Crippen LogP contribution < -0.4 is 0 Å². The number of rotatable bonds is 3. The van der Waals surface area contributed by atoms with E-state index in [1.807, 2.05) is 59.3 Å². The van der Waals surface area contributed by atoms with Gasteiger partial charge in [0.05, 0.1) is 6.54 Å². The molecule has 0 saturated heterocycles. The van der Waals surface area contributed by atoms with E-state index in [9.17, 15) is 4.79 Å². The molecule has 0 bridgehead atoms. The van der Waals surface area contributed by atoms with Gasteiger partial charge in [-0.3, -0.25) is 4.79 Å². The first-order valence-corrected chi connectivity index (χ1v) is 7.62. The van der Waals surface area contributed by atoms with Crippen LogP contribution in [0.3, 0.4) is 0 Å². The molecule has 4 heteroatoms. The normalized spacial score (nSPS) is 10.9. The largest absolute Gasteiger partial charge is 0.340 e. The summed E-state index contributed by atoms with van der Waals surface area (Å²) in [6.07, 6.45) is 1.92. The predicted octanol–water partition coefficient (Wildman–Crippen LogP) is 4.78. The lowest BCUT2D eigenvalue weighted by atomic mass is 10.1. The second-order valence-electron chi connectivity index (χ2n) is 4.58. The van der Waals surface area contributed by atoms with E-state index in [2.05, 4.69) is 22.6 Å². The first kappa shape index (κ1) is 13.6. The minimum atomic E-state index is 0.105. The van der Waals surface area contributed by atoms with Crippen LogP contribution in [0, 0.1) is 3.57 Å². The fourth-order valence-corrected chi connectivity index (χ4v) is 2.73. The number of hydrogen-bond donors (Lipinski definition) is 0. The van der Waals surface area contributed by atoms with Crippen molar-refractivity contribution in [2.24, 2.45) is 0 Å². The molecule has 0 aliphatic carbocycles. The smallest absolute Gasteiger partial charge is 0.182 e. The summed E-state index contributed by atoms with van der Waals surface area (Å²) in [5.41, 5.74) is 1.76.